The summed E-state index contributed by atoms with van der Waals surface area (Å²) in [5, 5.41) is 0. The Morgan fingerprint density at radius 3 is 2.17 bits per heavy atom. The van der Waals surface area contributed by atoms with Crippen LogP contribution >= 0.6 is 0 Å². The van der Waals surface area contributed by atoms with Gasteiger partial charge in [-0.1, -0.05) is 0 Å². The number of carbonyl (C=O) groups is 2. The Kier molecular flexibility index (Phi) is 7.70. The molecule has 1 heterocycles. The van der Waals surface area contributed by atoms with Crippen molar-refractivity contribution in [3.63, 3.8) is 0 Å². The van der Waals surface area contributed by atoms with Crippen molar-refractivity contribution >= 4 is 22.0 Å². The number of ether oxygens (including phenoxy) is 3. The van der Waals surface area contributed by atoms with Gasteiger partial charge < -0.3 is 14.2 Å². The van der Waals surface area contributed by atoms with Crippen molar-refractivity contribution in [2.75, 3.05) is 19.8 Å². The molecule has 0 amide bonds. The van der Waals surface area contributed by atoms with Gasteiger partial charge in [0.25, 0.3) is 0 Å². The SMILES string of the molecule is CCOC(=O)[C@@H]1CCN(S(=O)(=O)c2ccc(OC(F)(F)F)cc2)[C@@H](C(=O)OCC)C1. The van der Waals surface area contributed by atoms with Crippen LogP contribution in [0.15, 0.2) is 29.2 Å². The maximum Gasteiger partial charge on any atom is 0.573 e. The first kappa shape index (κ1) is 23.9. The Morgan fingerprint density at radius 2 is 1.63 bits per heavy atom. The predicted molar refractivity (Wildman–Crippen MR) is 96.8 cm³/mol. The fourth-order valence-corrected chi connectivity index (χ4v) is 4.71. The molecule has 0 spiro atoms. The number of hydrogen-bond acceptors (Lipinski definition) is 7. The fourth-order valence-electron chi connectivity index (χ4n) is 3.11. The molecule has 1 aliphatic rings. The zero-order valence-electron chi connectivity index (χ0n) is 16.3. The van der Waals surface area contributed by atoms with Crippen LogP contribution in [-0.2, 0) is 29.1 Å². The van der Waals surface area contributed by atoms with E-state index in [9.17, 15) is 31.2 Å². The van der Waals surface area contributed by atoms with Crippen LogP contribution in [0.1, 0.15) is 26.7 Å². The van der Waals surface area contributed by atoms with Crippen LogP contribution in [0.2, 0.25) is 0 Å². The summed E-state index contributed by atoms with van der Waals surface area (Å²) in [6, 6.07) is 2.38. The lowest BCUT2D eigenvalue weighted by atomic mass is 9.92. The summed E-state index contributed by atoms with van der Waals surface area (Å²) in [5.74, 6) is -2.60. The first-order valence-corrected chi connectivity index (χ1v) is 10.6. The average Bonchev–Trinajstić information content (AvgIpc) is 2.67. The van der Waals surface area contributed by atoms with Gasteiger partial charge in [0.05, 0.1) is 24.0 Å². The second-order valence-electron chi connectivity index (χ2n) is 6.38. The van der Waals surface area contributed by atoms with E-state index in [1.165, 1.54) is 0 Å². The third kappa shape index (κ3) is 5.85. The molecule has 1 saturated heterocycles. The molecule has 8 nitrogen and oxygen atoms in total. The molecule has 1 aromatic rings. The summed E-state index contributed by atoms with van der Waals surface area (Å²) in [6.45, 7) is 3.19. The molecular formula is C18H22F3NO7S. The Balaban J connectivity index is 2.29. The van der Waals surface area contributed by atoms with Gasteiger partial charge in [0, 0.05) is 6.54 Å². The molecule has 1 fully saturated rings. The molecule has 0 N–H and O–H groups in total. The minimum absolute atomic E-state index is 0.0107. The van der Waals surface area contributed by atoms with Crippen LogP contribution in [0.25, 0.3) is 0 Å². The molecule has 2 atom stereocenters. The van der Waals surface area contributed by atoms with E-state index in [1.807, 2.05) is 0 Å². The van der Waals surface area contributed by atoms with E-state index in [0.717, 1.165) is 28.6 Å². The number of halogens is 3. The summed E-state index contributed by atoms with van der Waals surface area (Å²) >= 11 is 0. The van der Waals surface area contributed by atoms with Gasteiger partial charge in [-0.2, -0.15) is 4.31 Å². The van der Waals surface area contributed by atoms with Crippen molar-refractivity contribution in [3.8, 4) is 5.75 Å². The smallest absolute Gasteiger partial charge is 0.466 e. The van der Waals surface area contributed by atoms with E-state index in [2.05, 4.69) is 4.74 Å². The minimum Gasteiger partial charge on any atom is -0.466 e. The summed E-state index contributed by atoms with van der Waals surface area (Å²) in [4.78, 5) is 24.1. The third-order valence-corrected chi connectivity index (χ3v) is 6.32. The number of carbonyl (C=O) groups excluding carboxylic acids is 2. The van der Waals surface area contributed by atoms with Crippen LogP contribution in [-0.4, -0.2) is 56.8 Å². The van der Waals surface area contributed by atoms with Gasteiger partial charge >= 0.3 is 18.3 Å². The van der Waals surface area contributed by atoms with Gasteiger partial charge in [0.15, 0.2) is 0 Å². The van der Waals surface area contributed by atoms with Crippen LogP contribution in [0.4, 0.5) is 13.2 Å². The molecule has 168 valence electrons. The predicted octanol–water partition coefficient (Wildman–Crippen LogP) is 2.48. The lowest BCUT2D eigenvalue weighted by molar-refractivity contribution is -0.274. The molecule has 2 rings (SSSR count). The number of sulfonamides is 1. The molecule has 0 aliphatic carbocycles. The van der Waals surface area contributed by atoms with Crippen molar-refractivity contribution in [1.82, 2.24) is 4.31 Å². The quantitative estimate of drug-likeness (QED) is 0.585. The Bertz CT molecular complexity index is 856. The van der Waals surface area contributed by atoms with Crippen molar-refractivity contribution in [2.45, 2.75) is 44.0 Å². The van der Waals surface area contributed by atoms with E-state index in [1.54, 1.807) is 13.8 Å². The standard InChI is InChI=1S/C18H22F3NO7S/c1-3-27-16(23)12-9-10-22(15(11-12)17(24)28-4-2)30(25,26)14-7-5-13(6-8-14)29-18(19,20)21/h5-8,12,15H,3-4,9-11H2,1-2H3/t12-,15-/m1/s1. The third-order valence-electron chi connectivity index (χ3n) is 4.40. The largest absolute Gasteiger partial charge is 0.573 e. The first-order valence-electron chi connectivity index (χ1n) is 9.20. The monoisotopic (exact) mass is 453 g/mol. The Labute approximate surface area is 171 Å². The molecule has 0 unspecified atom stereocenters. The highest BCUT2D eigenvalue weighted by atomic mass is 32.2. The number of alkyl halides is 3. The van der Waals surface area contributed by atoms with Gasteiger partial charge in [0.2, 0.25) is 10.0 Å². The maximum atomic E-state index is 13.0. The highest BCUT2D eigenvalue weighted by Gasteiger charge is 2.43. The molecule has 0 saturated carbocycles. The Morgan fingerprint density at radius 1 is 1.07 bits per heavy atom. The molecule has 1 aliphatic heterocycles. The number of piperidine rings is 1. The Hall–Kier alpha value is -2.34. The van der Waals surface area contributed by atoms with E-state index < -0.39 is 46.0 Å². The number of nitrogens with zero attached hydrogens (tertiary/aromatic N) is 1. The number of hydrogen-bond donors (Lipinski definition) is 0. The molecule has 0 aromatic heterocycles. The van der Waals surface area contributed by atoms with Gasteiger partial charge in [-0.05, 0) is 51.0 Å². The number of benzene rings is 1. The van der Waals surface area contributed by atoms with Gasteiger partial charge in [-0.15, -0.1) is 13.2 Å². The molecule has 12 heteroatoms. The van der Waals surface area contributed by atoms with Crippen molar-refractivity contribution < 1.29 is 45.4 Å². The first-order chi connectivity index (χ1) is 14.0. The van der Waals surface area contributed by atoms with Crippen LogP contribution in [0.5, 0.6) is 5.75 Å². The lowest BCUT2D eigenvalue weighted by Crippen LogP contribution is -2.51. The van der Waals surface area contributed by atoms with Crippen LogP contribution < -0.4 is 4.74 Å². The average molecular weight is 453 g/mol. The van der Waals surface area contributed by atoms with Crippen LogP contribution in [0, 0.1) is 5.92 Å². The summed E-state index contributed by atoms with van der Waals surface area (Å²) in [6.07, 6.45) is -4.90. The van der Waals surface area contributed by atoms with E-state index >= 15 is 0 Å². The highest BCUT2D eigenvalue weighted by molar-refractivity contribution is 7.89. The summed E-state index contributed by atoms with van der Waals surface area (Å²) in [7, 11) is -4.25. The van der Waals surface area contributed by atoms with Crippen LogP contribution in [0.3, 0.4) is 0 Å². The summed E-state index contributed by atoms with van der Waals surface area (Å²) in [5.41, 5.74) is 0. The molecule has 30 heavy (non-hydrogen) atoms. The second kappa shape index (κ2) is 9.65. The van der Waals surface area contributed by atoms with E-state index in [0.29, 0.717) is 0 Å². The second-order valence-corrected chi connectivity index (χ2v) is 8.27. The van der Waals surface area contributed by atoms with E-state index in [-0.39, 0.29) is 37.5 Å². The van der Waals surface area contributed by atoms with Gasteiger partial charge in [-0.25, -0.2) is 8.42 Å². The fraction of sp³-hybridized carbons (Fsp3) is 0.556. The van der Waals surface area contributed by atoms with Crippen molar-refractivity contribution in [3.05, 3.63) is 24.3 Å². The lowest BCUT2D eigenvalue weighted by Gasteiger charge is -2.36. The molecule has 1 aromatic carbocycles. The zero-order valence-corrected chi connectivity index (χ0v) is 17.2. The van der Waals surface area contributed by atoms with Crippen molar-refractivity contribution in [1.29, 1.82) is 0 Å². The molecular weight excluding hydrogens is 431 g/mol. The highest BCUT2D eigenvalue weighted by Crippen LogP contribution is 2.31. The summed E-state index contributed by atoms with van der Waals surface area (Å²) < 4.78 is 77.5. The minimum atomic E-state index is -4.91. The molecule has 0 bridgehead atoms. The van der Waals surface area contributed by atoms with E-state index in [4.69, 9.17) is 9.47 Å². The maximum absolute atomic E-state index is 13.0. The van der Waals surface area contributed by atoms with Gasteiger partial charge in [0.1, 0.15) is 11.8 Å². The zero-order chi connectivity index (χ0) is 22.5. The number of esters is 2. The molecule has 0 radical (unpaired) electrons. The number of rotatable bonds is 7. The topological polar surface area (TPSA) is 99.2 Å². The van der Waals surface area contributed by atoms with Crippen molar-refractivity contribution in [2.24, 2.45) is 5.92 Å². The normalized spacial score (nSPS) is 20.4. The van der Waals surface area contributed by atoms with Gasteiger partial charge in [-0.3, -0.25) is 9.59 Å².